The molecule has 0 unspecified atom stereocenters. The Morgan fingerprint density at radius 1 is 1.41 bits per heavy atom. The molecule has 0 fully saturated rings. The van der Waals surface area contributed by atoms with Crippen LogP contribution < -0.4 is 11.1 Å². The first kappa shape index (κ1) is 11.5. The molecule has 1 aromatic heterocycles. The third-order valence-corrected chi connectivity index (χ3v) is 2.43. The standard InChI is InChI=1S/C11H16N6/c1-9-14-15-16-17(9)11-5-2-4-10(8-11)13-7-3-6-12/h2,4-5,8,13H,3,6-7,12H2,1H3. The molecular formula is C11H16N6. The van der Waals surface area contributed by atoms with Crippen LogP contribution in [0.3, 0.4) is 0 Å². The molecule has 1 heterocycles. The van der Waals surface area contributed by atoms with Crippen LogP contribution in [0.4, 0.5) is 5.69 Å². The average molecular weight is 232 g/mol. The van der Waals surface area contributed by atoms with E-state index in [4.69, 9.17) is 5.73 Å². The molecule has 17 heavy (non-hydrogen) atoms. The highest BCUT2D eigenvalue weighted by Gasteiger charge is 2.03. The molecule has 2 rings (SSSR count). The average Bonchev–Trinajstić information content (AvgIpc) is 2.76. The van der Waals surface area contributed by atoms with Gasteiger partial charge >= 0.3 is 0 Å². The van der Waals surface area contributed by atoms with E-state index in [0.29, 0.717) is 6.54 Å². The molecule has 0 aliphatic carbocycles. The number of nitrogens with one attached hydrogen (secondary N) is 1. The number of nitrogens with zero attached hydrogens (tertiary/aromatic N) is 4. The van der Waals surface area contributed by atoms with Gasteiger partial charge in [0, 0.05) is 12.2 Å². The fourth-order valence-electron chi connectivity index (χ4n) is 1.55. The molecule has 2 aromatic rings. The van der Waals surface area contributed by atoms with Gasteiger partial charge in [0.1, 0.15) is 0 Å². The molecule has 0 saturated heterocycles. The van der Waals surface area contributed by atoms with Gasteiger partial charge in [0.15, 0.2) is 5.82 Å². The third-order valence-electron chi connectivity index (χ3n) is 2.43. The first-order valence-corrected chi connectivity index (χ1v) is 5.60. The predicted molar refractivity (Wildman–Crippen MR) is 66.1 cm³/mol. The van der Waals surface area contributed by atoms with Gasteiger partial charge in [-0.15, -0.1) is 5.10 Å². The first-order valence-electron chi connectivity index (χ1n) is 5.60. The number of aromatic nitrogens is 4. The number of aryl methyl sites for hydroxylation is 1. The summed E-state index contributed by atoms with van der Waals surface area (Å²) in [7, 11) is 0. The number of hydrogen-bond donors (Lipinski definition) is 2. The zero-order chi connectivity index (χ0) is 12.1. The lowest BCUT2D eigenvalue weighted by Gasteiger charge is -2.07. The van der Waals surface area contributed by atoms with Crippen molar-refractivity contribution in [2.24, 2.45) is 5.73 Å². The van der Waals surface area contributed by atoms with E-state index >= 15 is 0 Å². The summed E-state index contributed by atoms with van der Waals surface area (Å²) < 4.78 is 1.70. The lowest BCUT2D eigenvalue weighted by molar-refractivity contribution is 0.779. The molecular weight excluding hydrogens is 216 g/mol. The number of rotatable bonds is 5. The second kappa shape index (κ2) is 5.40. The van der Waals surface area contributed by atoms with Crippen molar-refractivity contribution in [2.75, 3.05) is 18.4 Å². The maximum atomic E-state index is 5.45. The van der Waals surface area contributed by atoms with E-state index in [2.05, 4.69) is 20.8 Å². The van der Waals surface area contributed by atoms with E-state index in [-0.39, 0.29) is 0 Å². The molecule has 1 aromatic carbocycles. The van der Waals surface area contributed by atoms with E-state index in [9.17, 15) is 0 Å². The highest BCUT2D eigenvalue weighted by atomic mass is 15.5. The van der Waals surface area contributed by atoms with E-state index in [1.807, 2.05) is 31.2 Å². The molecule has 0 spiro atoms. The van der Waals surface area contributed by atoms with Crippen LogP contribution in [-0.4, -0.2) is 33.3 Å². The second-order valence-corrected chi connectivity index (χ2v) is 3.76. The van der Waals surface area contributed by atoms with Crippen molar-refractivity contribution in [1.29, 1.82) is 0 Å². The van der Waals surface area contributed by atoms with E-state index in [1.54, 1.807) is 4.68 Å². The summed E-state index contributed by atoms with van der Waals surface area (Å²) in [6, 6.07) is 7.97. The molecule has 90 valence electrons. The first-order chi connectivity index (χ1) is 8.31. The lowest BCUT2D eigenvalue weighted by atomic mass is 10.2. The van der Waals surface area contributed by atoms with Gasteiger partial charge in [-0.3, -0.25) is 0 Å². The second-order valence-electron chi connectivity index (χ2n) is 3.76. The smallest absolute Gasteiger partial charge is 0.153 e. The molecule has 6 heteroatoms. The Hall–Kier alpha value is -1.95. The number of nitrogens with two attached hydrogens (primary N) is 1. The van der Waals surface area contributed by atoms with Crippen molar-refractivity contribution in [3.63, 3.8) is 0 Å². The zero-order valence-corrected chi connectivity index (χ0v) is 9.80. The zero-order valence-electron chi connectivity index (χ0n) is 9.80. The minimum atomic E-state index is 0.693. The maximum Gasteiger partial charge on any atom is 0.153 e. The molecule has 0 bridgehead atoms. The van der Waals surface area contributed by atoms with Crippen molar-refractivity contribution in [3.05, 3.63) is 30.1 Å². The van der Waals surface area contributed by atoms with Crippen LogP contribution >= 0.6 is 0 Å². The minimum absolute atomic E-state index is 0.693. The Kier molecular flexibility index (Phi) is 3.66. The fourth-order valence-corrected chi connectivity index (χ4v) is 1.55. The molecule has 0 atom stereocenters. The van der Waals surface area contributed by atoms with Gasteiger partial charge in [-0.25, -0.2) is 0 Å². The summed E-state index contributed by atoms with van der Waals surface area (Å²) in [4.78, 5) is 0. The summed E-state index contributed by atoms with van der Waals surface area (Å²) in [5.74, 6) is 0.768. The van der Waals surface area contributed by atoms with Gasteiger partial charge in [0.2, 0.25) is 0 Å². The number of tetrazole rings is 1. The Balaban J connectivity index is 2.14. The van der Waals surface area contributed by atoms with Crippen LogP contribution in [0.5, 0.6) is 0 Å². The SMILES string of the molecule is Cc1nnnn1-c1cccc(NCCCN)c1. The van der Waals surface area contributed by atoms with Gasteiger partial charge in [0.05, 0.1) is 5.69 Å². The van der Waals surface area contributed by atoms with Crippen LogP contribution in [0.15, 0.2) is 24.3 Å². The van der Waals surface area contributed by atoms with Gasteiger partial charge in [-0.1, -0.05) is 6.07 Å². The minimum Gasteiger partial charge on any atom is -0.385 e. The van der Waals surface area contributed by atoms with Crippen molar-refractivity contribution < 1.29 is 0 Å². The molecule has 0 saturated carbocycles. The summed E-state index contributed by atoms with van der Waals surface area (Å²) >= 11 is 0. The van der Waals surface area contributed by atoms with Gasteiger partial charge in [-0.2, -0.15) is 4.68 Å². The molecule has 0 radical (unpaired) electrons. The molecule has 3 N–H and O–H groups in total. The van der Waals surface area contributed by atoms with Crippen molar-refractivity contribution in [2.45, 2.75) is 13.3 Å². The summed E-state index contributed by atoms with van der Waals surface area (Å²) in [5, 5.41) is 14.7. The van der Waals surface area contributed by atoms with Gasteiger partial charge < -0.3 is 11.1 Å². The molecule has 0 aliphatic heterocycles. The Bertz CT molecular complexity index is 478. The van der Waals surface area contributed by atoms with Gasteiger partial charge in [-0.05, 0) is 48.5 Å². The predicted octanol–water partition coefficient (Wildman–Crippen LogP) is 0.731. The lowest BCUT2D eigenvalue weighted by Crippen LogP contribution is -2.08. The topological polar surface area (TPSA) is 81.7 Å². The molecule has 6 nitrogen and oxygen atoms in total. The number of benzene rings is 1. The highest BCUT2D eigenvalue weighted by Crippen LogP contribution is 2.14. The van der Waals surface area contributed by atoms with E-state index in [1.165, 1.54) is 0 Å². The maximum absolute atomic E-state index is 5.45. The number of hydrogen-bond acceptors (Lipinski definition) is 5. The Labute approximate surface area is 99.8 Å². The Morgan fingerprint density at radius 3 is 3.00 bits per heavy atom. The number of anilines is 1. The Morgan fingerprint density at radius 2 is 2.29 bits per heavy atom. The normalized spacial score (nSPS) is 10.5. The van der Waals surface area contributed by atoms with Crippen molar-refractivity contribution in [3.8, 4) is 5.69 Å². The third kappa shape index (κ3) is 2.79. The summed E-state index contributed by atoms with van der Waals surface area (Å²) in [5.41, 5.74) is 7.45. The summed E-state index contributed by atoms with van der Waals surface area (Å²) in [6.45, 7) is 3.43. The van der Waals surface area contributed by atoms with Gasteiger partial charge in [0.25, 0.3) is 0 Å². The van der Waals surface area contributed by atoms with Crippen LogP contribution in [0, 0.1) is 6.92 Å². The highest BCUT2D eigenvalue weighted by molar-refractivity contribution is 5.50. The van der Waals surface area contributed by atoms with Crippen LogP contribution in [0.2, 0.25) is 0 Å². The van der Waals surface area contributed by atoms with Crippen LogP contribution in [-0.2, 0) is 0 Å². The van der Waals surface area contributed by atoms with Crippen LogP contribution in [0.25, 0.3) is 5.69 Å². The molecule has 0 aliphatic rings. The van der Waals surface area contributed by atoms with Crippen LogP contribution in [0.1, 0.15) is 12.2 Å². The van der Waals surface area contributed by atoms with Crippen molar-refractivity contribution in [1.82, 2.24) is 20.2 Å². The summed E-state index contributed by atoms with van der Waals surface area (Å²) in [6.07, 6.45) is 0.953. The monoisotopic (exact) mass is 232 g/mol. The fraction of sp³-hybridized carbons (Fsp3) is 0.364. The quantitative estimate of drug-likeness (QED) is 0.743. The largest absolute Gasteiger partial charge is 0.385 e. The molecule has 0 amide bonds. The van der Waals surface area contributed by atoms with E-state index < -0.39 is 0 Å². The van der Waals surface area contributed by atoms with E-state index in [0.717, 1.165) is 30.2 Å². The van der Waals surface area contributed by atoms with Crippen molar-refractivity contribution >= 4 is 5.69 Å².